The molecule has 7 heteroatoms. The van der Waals surface area contributed by atoms with Gasteiger partial charge in [0.05, 0.1) is 6.04 Å². The van der Waals surface area contributed by atoms with E-state index in [-0.39, 0.29) is 48.6 Å². The van der Waals surface area contributed by atoms with E-state index in [4.69, 9.17) is 5.73 Å². The molecule has 0 saturated carbocycles. The van der Waals surface area contributed by atoms with Crippen LogP contribution in [0.3, 0.4) is 0 Å². The highest BCUT2D eigenvalue weighted by molar-refractivity contribution is 5.85. The largest absolute Gasteiger partial charge is 0.341 e. The van der Waals surface area contributed by atoms with Crippen LogP contribution in [0.5, 0.6) is 0 Å². The molecule has 0 aliphatic carbocycles. The molecule has 0 radical (unpaired) electrons. The zero-order chi connectivity index (χ0) is 17.1. The Bertz CT molecular complexity index is 562. The van der Waals surface area contributed by atoms with Gasteiger partial charge in [0.1, 0.15) is 5.82 Å². The van der Waals surface area contributed by atoms with Crippen LogP contribution < -0.4 is 5.73 Å². The summed E-state index contributed by atoms with van der Waals surface area (Å²) in [4.78, 5) is 17.2. The lowest BCUT2D eigenvalue weighted by molar-refractivity contribution is -0.137. The lowest BCUT2D eigenvalue weighted by Crippen LogP contribution is -2.49. The lowest BCUT2D eigenvalue weighted by atomic mass is 9.90. The van der Waals surface area contributed by atoms with Crippen LogP contribution in [0, 0.1) is 11.7 Å². The van der Waals surface area contributed by atoms with Gasteiger partial charge in [0, 0.05) is 25.7 Å². The molecule has 2 aliphatic rings. The number of rotatable bonds is 4. The van der Waals surface area contributed by atoms with Crippen molar-refractivity contribution in [3.05, 3.63) is 35.6 Å². The van der Waals surface area contributed by atoms with Crippen LogP contribution in [0.4, 0.5) is 4.39 Å². The van der Waals surface area contributed by atoms with E-state index in [2.05, 4.69) is 11.8 Å². The molecule has 2 unspecified atom stereocenters. The Kier molecular flexibility index (Phi) is 9.31. The fraction of sp³-hybridized carbons (Fsp3) is 0.632. The molecule has 2 saturated heterocycles. The fourth-order valence-corrected chi connectivity index (χ4v) is 3.98. The van der Waals surface area contributed by atoms with Gasteiger partial charge in [-0.3, -0.25) is 9.69 Å². The van der Waals surface area contributed by atoms with Crippen LogP contribution in [0.1, 0.15) is 38.2 Å². The Morgan fingerprint density at radius 1 is 1.15 bits per heavy atom. The summed E-state index contributed by atoms with van der Waals surface area (Å²) in [6, 6.07) is 6.78. The number of carbonyl (C=O) groups is 1. The van der Waals surface area contributed by atoms with Gasteiger partial charge in [-0.05, 0) is 62.8 Å². The van der Waals surface area contributed by atoms with Gasteiger partial charge in [-0.15, -0.1) is 24.8 Å². The second kappa shape index (κ2) is 10.5. The van der Waals surface area contributed by atoms with Crippen molar-refractivity contribution in [1.82, 2.24) is 9.80 Å². The van der Waals surface area contributed by atoms with Gasteiger partial charge in [0.25, 0.3) is 0 Å². The summed E-state index contributed by atoms with van der Waals surface area (Å²) in [5.41, 5.74) is 7.05. The summed E-state index contributed by atoms with van der Waals surface area (Å²) in [5.74, 6) is 0.579. The standard InChI is InChI=1S/C19H28FN3O.2ClH/c1-14(21)16-8-11-22(12-9-16)19(24)18-3-2-10-23(18)13-15-4-6-17(20)7-5-15;;/h4-7,14,16,18H,2-3,8-13,21H2,1H3;2*1H. The van der Waals surface area contributed by atoms with Gasteiger partial charge in [0.15, 0.2) is 0 Å². The minimum Gasteiger partial charge on any atom is -0.341 e. The fourth-order valence-electron chi connectivity index (χ4n) is 3.98. The van der Waals surface area contributed by atoms with E-state index in [1.54, 1.807) is 0 Å². The van der Waals surface area contributed by atoms with Crippen molar-refractivity contribution in [3.8, 4) is 0 Å². The van der Waals surface area contributed by atoms with Crippen molar-refractivity contribution in [1.29, 1.82) is 0 Å². The molecule has 0 aromatic heterocycles. The number of likely N-dealkylation sites (tertiary alicyclic amines) is 2. The molecule has 2 aliphatic heterocycles. The number of nitrogens with zero attached hydrogens (tertiary/aromatic N) is 2. The summed E-state index contributed by atoms with van der Waals surface area (Å²) in [6.07, 6.45) is 3.99. The molecule has 4 nitrogen and oxygen atoms in total. The molecule has 0 spiro atoms. The number of benzene rings is 1. The number of carbonyl (C=O) groups excluding carboxylic acids is 1. The van der Waals surface area contributed by atoms with Crippen molar-refractivity contribution in [3.63, 3.8) is 0 Å². The average molecular weight is 406 g/mol. The first-order chi connectivity index (χ1) is 11.5. The number of halogens is 3. The maximum absolute atomic E-state index is 13.1. The zero-order valence-electron chi connectivity index (χ0n) is 15.3. The Morgan fingerprint density at radius 3 is 2.35 bits per heavy atom. The Hall–Kier alpha value is -0.880. The molecule has 148 valence electrons. The van der Waals surface area contributed by atoms with Crippen LogP contribution in [0.2, 0.25) is 0 Å². The average Bonchev–Trinajstić information content (AvgIpc) is 3.04. The molecule has 26 heavy (non-hydrogen) atoms. The van der Waals surface area contributed by atoms with Crippen LogP contribution in [-0.2, 0) is 11.3 Å². The highest BCUT2D eigenvalue weighted by Crippen LogP contribution is 2.25. The van der Waals surface area contributed by atoms with Gasteiger partial charge in [-0.2, -0.15) is 0 Å². The van der Waals surface area contributed by atoms with Crippen LogP contribution in [0.15, 0.2) is 24.3 Å². The normalized spacial score (nSPS) is 22.4. The molecule has 2 atom stereocenters. The van der Waals surface area contributed by atoms with E-state index in [1.807, 2.05) is 17.0 Å². The first-order valence-electron chi connectivity index (χ1n) is 9.07. The maximum atomic E-state index is 13.1. The van der Waals surface area contributed by atoms with Crippen LogP contribution >= 0.6 is 24.8 Å². The first-order valence-corrected chi connectivity index (χ1v) is 9.07. The first kappa shape index (κ1) is 23.2. The summed E-state index contributed by atoms with van der Waals surface area (Å²) in [6.45, 7) is 5.36. The van der Waals surface area contributed by atoms with E-state index in [0.717, 1.165) is 50.9 Å². The van der Waals surface area contributed by atoms with Gasteiger partial charge in [-0.1, -0.05) is 12.1 Å². The molecule has 1 aromatic carbocycles. The minimum atomic E-state index is -0.218. The van der Waals surface area contributed by atoms with Gasteiger partial charge in [0.2, 0.25) is 5.91 Å². The van der Waals surface area contributed by atoms with Gasteiger partial charge < -0.3 is 10.6 Å². The molecule has 1 amide bonds. The lowest BCUT2D eigenvalue weighted by Gasteiger charge is -2.36. The summed E-state index contributed by atoms with van der Waals surface area (Å²) in [5, 5.41) is 0. The van der Waals surface area contributed by atoms with Crippen LogP contribution in [0.25, 0.3) is 0 Å². The summed E-state index contributed by atoms with van der Waals surface area (Å²) in [7, 11) is 0. The van der Waals surface area contributed by atoms with E-state index < -0.39 is 0 Å². The van der Waals surface area contributed by atoms with E-state index in [9.17, 15) is 9.18 Å². The second-order valence-electron chi connectivity index (χ2n) is 7.28. The number of nitrogens with two attached hydrogens (primary N) is 1. The molecule has 3 rings (SSSR count). The van der Waals surface area contributed by atoms with Gasteiger partial charge in [-0.25, -0.2) is 4.39 Å². The number of amides is 1. The molecule has 1 aromatic rings. The maximum Gasteiger partial charge on any atom is 0.239 e. The predicted octanol–water partition coefficient (Wildman–Crippen LogP) is 3.22. The number of hydrogen-bond acceptors (Lipinski definition) is 3. The molecule has 2 N–H and O–H groups in total. The smallest absolute Gasteiger partial charge is 0.239 e. The molecule has 0 bridgehead atoms. The molecule has 2 fully saturated rings. The molecular weight excluding hydrogens is 376 g/mol. The third-order valence-electron chi connectivity index (χ3n) is 5.54. The highest BCUT2D eigenvalue weighted by atomic mass is 35.5. The number of hydrogen-bond donors (Lipinski definition) is 1. The summed E-state index contributed by atoms with van der Waals surface area (Å²) >= 11 is 0. The topological polar surface area (TPSA) is 49.6 Å². The predicted molar refractivity (Wildman–Crippen MR) is 107 cm³/mol. The monoisotopic (exact) mass is 405 g/mol. The molecular formula is C19H30Cl2FN3O. The highest BCUT2D eigenvalue weighted by Gasteiger charge is 2.35. The number of piperidine rings is 1. The quantitative estimate of drug-likeness (QED) is 0.836. The van der Waals surface area contributed by atoms with E-state index >= 15 is 0 Å². The minimum absolute atomic E-state index is 0. The third-order valence-corrected chi connectivity index (χ3v) is 5.54. The zero-order valence-corrected chi connectivity index (χ0v) is 16.9. The Labute approximate surface area is 168 Å². The van der Waals surface area contributed by atoms with Crippen molar-refractivity contribution < 1.29 is 9.18 Å². The van der Waals surface area contributed by atoms with E-state index in [0.29, 0.717) is 12.5 Å². The third kappa shape index (κ3) is 5.56. The second-order valence-corrected chi connectivity index (χ2v) is 7.28. The van der Waals surface area contributed by atoms with E-state index in [1.165, 1.54) is 12.1 Å². The van der Waals surface area contributed by atoms with Crippen molar-refractivity contribution in [2.45, 2.75) is 51.2 Å². The Balaban J connectivity index is 0.00000169. The van der Waals surface area contributed by atoms with Crippen LogP contribution in [-0.4, -0.2) is 47.4 Å². The van der Waals surface area contributed by atoms with Crippen molar-refractivity contribution >= 4 is 30.7 Å². The SMILES string of the molecule is CC(N)C1CCN(C(=O)C2CCCN2Cc2ccc(F)cc2)CC1.Cl.Cl. The van der Waals surface area contributed by atoms with Crippen molar-refractivity contribution in [2.75, 3.05) is 19.6 Å². The molecule has 2 heterocycles. The Morgan fingerprint density at radius 2 is 1.77 bits per heavy atom. The van der Waals surface area contributed by atoms with Gasteiger partial charge >= 0.3 is 0 Å². The summed E-state index contributed by atoms with van der Waals surface area (Å²) < 4.78 is 13.1. The van der Waals surface area contributed by atoms with Crippen molar-refractivity contribution in [2.24, 2.45) is 11.7 Å².